The Morgan fingerprint density at radius 2 is 1.36 bits per heavy atom. The lowest BCUT2D eigenvalue weighted by Crippen LogP contribution is -2.54. The maximum atomic E-state index is 14.5. The third kappa shape index (κ3) is 8.20. The first-order chi connectivity index (χ1) is 21.0. The lowest BCUT2D eigenvalue weighted by molar-refractivity contribution is -0.140. The number of anilines is 1. The van der Waals surface area contributed by atoms with Gasteiger partial charge in [-0.3, -0.25) is 13.9 Å². The zero-order valence-electron chi connectivity index (χ0n) is 24.8. The number of hydrogen-bond acceptors (Lipinski definition) is 4. The van der Waals surface area contributed by atoms with Crippen LogP contribution in [0.15, 0.2) is 108 Å². The predicted molar refractivity (Wildman–Crippen MR) is 176 cm³/mol. The number of halogens is 2. The molecule has 0 aliphatic carbocycles. The highest BCUT2D eigenvalue weighted by atomic mass is 35.5. The summed E-state index contributed by atoms with van der Waals surface area (Å²) in [7, 11) is -4.18. The van der Waals surface area contributed by atoms with Crippen molar-refractivity contribution in [2.24, 2.45) is 0 Å². The molecule has 0 aliphatic rings. The zero-order chi connectivity index (χ0) is 31.9. The molecule has 230 valence electrons. The minimum atomic E-state index is -4.18. The highest BCUT2D eigenvalue weighted by molar-refractivity contribution is 7.92. The Kier molecular flexibility index (Phi) is 11.1. The molecule has 4 aromatic rings. The molecule has 4 rings (SSSR count). The normalized spacial score (nSPS) is 12.0. The minimum absolute atomic E-state index is 0.0347. The molecular weight excluding hydrogens is 617 g/mol. The van der Waals surface area contributed by atoms with Crippen molar-refractivity contribution in [1.82, 2.24) is 10.2 Å². The van der Waals surface area contributed by atoms with Crippen molar-refractivity contribution in [3.8, 4) is 0 Å². The van der Waals surface area contributed by atoms with E-state index in [9.17, 15) is 18.0 Å². The summed E-state index contributed by atoms with van der Waals surface area (Å²) in [6.07, 6.45) is 0.184. The number of sulfonamides is 1. The van der Waals surface area contributed by atoms with Crippen molar-refractivity contribution in [1.29, 1.82) is 0 Å². The summed E-state index contributed by atoms with van der Waals surface area (Å²) in [5.74, 6) is -0.978. The summed E-state index contributed by atoms with van der Waals surface area (Å²) in [6, 6.07) is 27.9. The van der Waals surface area contributed by atoms with Crippen molar-refractivity contribution in [3.05, 3.63) is 130 Å². The number of amides is 2. The van der Waals surface area contributed by atoms with E-state index in [0.29, 0.717) is 21.3 Å². The van der Waals surface area contributed by atoms with E-state index in [-0.39, 0.29) is 29.8 Å². The third-order valence-electron chi connectivity index (χ3n) is 7.02. The third-order valence-corrected chi connectivity index (χ3v) is 9.52. The molecule has 10 heteroatoms. The Labute approximate surface area is 269 Å². The summed E-state index contributed by atoms with van der Waals surface area (Å²) >= 11 is 13.1. The second-order valence-electron chi connectivity index (χ2n) is 10.8. The van der Waals surface area contributed by atoms with E-state index in [4.69, 9.17) is 23.2 Å². The number of carbonyl (C=O) groups is 2. The Morgan fingerprint density at radius 1 is 0.795 bits per heavy atom. The first-order valence-corrected chi connectivity index (χ1v) is 16.4. The molecule has 0 spiro atoms. The Morgan fingerprint density at radius 3 is 1.93 bits per heavy atom. The van der Waals surface area contributed by atoms with Crippen LogP contribution in [0, 0.1) is 6.92 Å². The van der Waals surface area contributed by atoms with Crippen LogP contribution < -0.4 is 9.62 Å². The monoisotopic (exact) mass is 651 g/mol. The fraction of sp³-hybridized carbons (Fsp3) is 0.235. The number of nitrogens with zero attached hydrogens (tertiary/aromatic N) is 2. The molecule has 0 aromatic heterocycles. The van der Waals surface area contributed by atoms with E-state index in [0.717, 1.165) is 15.4 Å². The van der Waals surface area contributed by atoms with E-state index in [2.05, 4.69) is 5.32 Å². The number of hydrogen-bond donors (Lipinski definition) is 1. The number of aryl methyl sites for hydroxylation is 1. The van der Waals surface area contributed by atoms with Crippen LogP contribution in [-0.2, 0) is 32.6 Å². The smallest absolute Gasteiger partial charge is 0.264 e. The molecule has 0 bridgehead atoms. The number of carbonyl (C=O) groups excluding carboxylic acids is 2. The second kappa shape index (κ2) is 14.8. The zero-order valence-corrected chi connectivity index (χ0v) is 27.1. The molecule has 1 N–H and O–H groups in total. The van der Waals surface area contributed by atoms with Crippen LogP contribution in [0.4, 0.5) is 5.69 Å². The van der Waals surface area contributed by atoms with Gasteiger partial charge in [0.25, 0.3) is 10.0 Å². The Balaban J connectivity index is 1.83. The van der Waals surface area contributed by atoms with Gasteiger partial charge >= 0.3 is 0 Å². The molecule has 44 heavy (non-hydrogen) atoms. The predicted octanol–water partition coefficient (Wildman–Crippen LogP) is 6.66. The lowest BCUT2D eigenvalue weighted by atomic mass is 10.0. The number of nitrogens with one attached hydrogen (secondary N) is 1. The van der Waals surface area contributed by atoms with Crippen LogP contribution in [0.2, 0.25) is 10.0 Å². The highest BCUT2D eigenvalue weighted by Gasteiger charge is 2.35. The molecule has 1 atom stereocenters. The standard InChI is InChI=1S/C34H35Cl2N3O4S/c1-24(2)37-34(41)32(21-26-11-6-4-7-12-26)38(22-29-30(35)15-10-16-31(29)36)33(40)23-39(27-19-17-25(3)18-20-27)44(42,43)28-13-8-5-9-14-28/h4-20,24,32H,21-23H2,1-3H3,(H,37,41). The largest absolute Gasteiger partial charge is 0.352 e. The first kappa shape index (κ1) is 33.1. The fourth-order valence-corrected chi connectivity index (χ4v) is 6.70. The molecule has 0 saturated carbocycles. The summed E-state index contributed by atoms with van der Waals surface area (Å²) in [6.45, 7) is 4.87. The molecule has 0 fully saturated rings. The van der Waals surface area contributed by atoms with Gasteiger partial charge in [0, 0.05) is 34.6 Å². The molecule has 0 aliphatic heterocycles. The van der Waals surface area contributed by atoms with Gasteiger partial charge in [-0.25, -0.2) is 8.42 Å². The molecule has 1 unspecified atom stereocenters. The lowest BCUT2D eigenvalue weighted by Gasteiger charge is -2.34. The van der Waals surface area contributed by atoms with Gasteiger partial charge in [0.2, 0.25) is 11.8 Å². The average molecular weight is 653 g/mol. The Hall–Kier alpha value is -3.85. The number of benzene rings is 4. The quantitative estimate of drug-likeness (QED) is 0.186. The number of rotatable bonds is 12. The van der Waals surface area contributed by atoms with Crippen LogP contribution in [0.25, 0.3) is 0 Å². The van der Waals surface area contributed by atoms with Crippen LogP contribution in [0.1, 0.15) is 30.5 Å². The van der Waals surface area contributed by atoms with Gasteiger partial charge in [0.15, 0.2) is 0 Å². The van der Waals surface area contributed by atoms with Crippen LogP contribution in [-0.4, -0.2) is 43.8 Å². The van der Waals surface area contributed by atoms with Crippen molar-refractivity contribution in [2.45, 2.75) is 50.7 Å². The van der Waals surface area contributed by atoms with Crippen molar-refractivity contribution in [2.75, 3.05) is 10.8 Å². The summed E-state index contributed by atoms with van der Waals surface area (Å²) in [5.41, 5.74) is 2.52. The molecule has 2 amide bonds. The molecule has 0 radical (unpaired) electrons. The van der Waals surface area contributed by atoms with Gasteiger partial charge in [0.1, 0.15) is 12.6 Å². The van der Waals surface area contributed by atoms with E-state index in [1.54, 1.807) is 60.7 Å². The molecule has 0 heterocycles. The van der Waals surface area contributed by atoms with E-state index in [1.165, 1.54) is 17.0 Å². The highest BCUT2D eigenvalue weighted by Crippen LogP contribution is 2.29. The van der Waals surface area contributed by atoms with Gasteiger partial charge in [0.05, 0.1) is 10.6 Å². The maximum absolute atomic E-state index is 14.5. The first-order valence-electron chi connectivity index (χ1n) is 14.2. The van der Waals surface area contributed by atoms with Crippen molar-refractivity contribution >= 4 is 50.7 Å². The summed E-state index contributed by atoms with van der Waals surface area (Å²) in [5, 5.41) is 3.58. The Bertz CT molecular complexity index is 1660. The molecule has 7 nitrogen and oxygen atoms in total. The molecule has 4 aromatic carbocycles. The SMILES string of the molecule is Cc1ccc(N(CC(=O)N(Cc2c(Cl)cccc2Cl)C(Cc2ccccc2)C(=O)NC(C)C)S(=O)(=O)c2ccccc2)cc1. The summed E-state index contributed by atoms with van der Waals surface area (Å²) in [4.78, 5) is 29.7. The maximum Gasteiger partial charge on any atom is 0.264 e. The van der Waals surface area contributed by atoms with E-state index >= 15 is 0 Å². The van der Waals surface area contributed by atoms with Crippen LogP contribution >= 0.6 is 23.2 Å². The van der Waals surface area contributed by atoms with Gasteiger partial charge in [-0.05, 0) is 62.7 Å². The van der Waals surface area contributed by atoms with Crippen molar-refractivity contribution in [3.63, 3.8) is 0 Å². The second-order valence-corrected chi connectivity index (χ2v) is 13.4. The van der Waals surface area contributed by atoms with Gasteiger partial charge in [-0.15, -0.1) is 0 Å². The van der Waals surface area contributed by atoms with Crippen molar-refractivity contribution < 1.29 is 18.0 Å². The topological polar surface area (TPSA) is 86.8 Å². The van der Waals surface area contributed by atoms with Gasteiger partial charge < -0.3 is 10.2 Å². The van der Waals surface area contributed by atoms with Crippen LogP contribution in [0.5, 0.6) is 0 Å². The van der Waals surface area contributed by atoms with Gasteiger partial charge in [-0.1, -0.05) is 95.5 Å². The van der Waals surface area contributed by atoms with Crippen LogP contribution in [0.3, 0.4) is 0 Å². The minimum Gasteiger partial charge on any atom is -0.352 e. The summed E-state index contributed by atoms with van der Waals surface area (Å²) < 4.78 is 29.1. The molecular formula is C34H35Cl2N3O4S. The van der Waals surface area contributed by atoms with Gasteiger partial charge in [-0.2, -0.15) is 0 Å². The molecule has 0 saturated heterocycles. The fourth-order valence-electron chi connectivity index (χ4n) is 4.75. The average Bonchev–Trinajstić information content (AvgIpc) is 3.00. The van der Waals surface area contributed by atoms with E-state index in [1.807, 2.05) is 51.1 Å². The van der Waals surface area contributed by atoms with E-state index < -0.39 is 28.5 Å².